The predicted octanol–water partition coefficient (Wildman–Crippen LogP) is -0.354. The fourth-order valence-corrected chi connectivity index (χ4v) is 0.743. The number of aromatic amines is 2. The van der Waals surface area contributed by atoms with E-state index in [0.717, 1.165) is 6.33 Å². The van der Waals surface area contributed by atoms with Gasteiger partial charge in [0.05, 0.1) is 12.7 Å². The Kier molecular flexibility index (Phi) is 0.700. The van der Waals surface area contributed by atoms with Gasteiger partial charge in [0.1, 0.15) is 0 Å². The molecule has 2 heterocycles. The summed E-state index contributed by atoms with van der Waals surface area (Å²) in [5.41, 5.74) is 0.150. The molecule has 5 nitrogen and oxygen atoms in total. The van der Waals surface area contributed by atoms with E-state index in [1.807, 2.05) is 0 Å². The second-order valence-electron chi connectivity index (χ2n) is 1.78. The van der Waals surface area contributed by atoms with Gasteiger partial charge in [-0.2, -0.15) is 0 Å². The van der Waals surface area contributed by atoms with Gasteiger partial charge in [-0.3, -0.25) is 4.79 Å². The highest BCUT2D eigenvalue weighted by Gasteiger charge is 1.97. The number of hydrogen-bond acceptors (Lipinski definition) is 3. The molecule has 50 valence electrons. The maximum Gasteiger partial charge on any atom is 0.278 e. The Labute approximate surface area is 56.6 Å². The SMILES string of the molecule is [2H]n1cnc2[nH]cnc2c1=O. The van der Waals surface area contributed by atoms with E-state index in [4.69, 9.17) is 1.41 Å². The minimum Gasteiger partial charge on any atom is -0.329 e. The molecule has 0 spiro atoms. The van der Waals surface area contributed by atoms with E-state index < -0.39 is 5.56 Å². The summed E-state index contributed by atoms with van der Waals surface area (Å²) in [4.78, 5) is 21.8. The molecule has 2 rings (SSSR count). The van der Waals surface area contributed by atoms with Gasteiger partial charge in [-0.15, -0.1) is 0 Å². The molecule has 0 aromatic carbocycles. The average Bonchev–Trinajstić information content (AvgIpc) is 2.45. The molecular formula is C5H4N4O. The summed E-state index contributed by atoms with van der Waals surface area (Å²) < 4.78 is 7.03. The average molecular weight is 137 g/mol. The van der Waals surface area contributed by atoms with Crippen LogP contribution in [0.2, 0.25) is 1.41 Å². The molecular weight excluding hydrogens is 132 g/mol. The lowest BCUT2D eigenvalue weighted by molar-refractivity contribution is 1.15. The summed E-state index contributed by atoms with van der Waals surface area (Å²) >= 11 is 0. The van der Waals surface area contributed by atoms with E-state index in [0.29, 0.717) is 10.6 Å². The van der Waals surface area contributed by atoms with E-state index in [9.17, 15) is 4.79 Å². The number of imidazole rings is 1. The Hall–Kier alpha value is -1.65. The molecule has 2 aromatic rings. The molecule has 0 unspecified atom stereocenters. The van der Waals surface area contributed by atoms with E-state index in [1.165, 1.54) is 6.33 Å². The topological polar surface area (TPSA) is 74.4 Å². The maximum absolute atomic E-state index is 11.0. The van der Waals surface area contributed by atoms with Gasteiger partial charge in [0, 0.05) is 0 Å². The highest BCUT2D eigenvalue weighted by Crippen LogP contribution is 1.94. The Morgan fingerprint density at radius 2 is 2.40 bits per heavy atom. The molecule has 2 aromatic heterocycles. The fraction of sp³-hybridized carbons (Fsp3) is 0. The molecule has 0 bridgehead atoms. The van der Waals surface area contributed by atoms with Crippen molar-refractivity contribution in [2.45, 2.75) is 0 Å². The molecule has 0 amide bonds. The van der Waals surface area contributed by atoms with Crippen LogP contribution in [0, 0.1) is 0 Å². The van der Waals surface area contributed by atoms with Gasteiger partial charge in [0.2, 0.25) is 0 Å². The molecule has 0 aliphatic carbocycles. The summed E-state index contributed by atoms with van der Waals surface area (Å²) in [5, 5.41) is 0. The van der Waals surface area contributed by atoms with Crippen molar-refractivity contribution in [3.05, 3.63) is 23.0 Å². The van der Waals surface area contributed by atoms with E-state index in [1.54, 1.807) is 0 Å². The zero-order valence-corrected chi connectivity index (χ0v) is 4.90. The first kappa shape index (κ1) is 4.21. The third-order valence-electron chi connectivity index (χ3n) is 1.18. The first-order valence-electron chi connectivity index (χ1n) is 3.14. The summed E-state index contributed by atoms with van der Waals surface area (Å²) in [7, 11) is 0. The molecule has 2 N–H and O–H groups in total. The van der Waals surface area contributed by atoms with Crippen LogP contribution in [0.5, 0.6) is 0 Å². The van der Waals surface area contributed by atoms with Crippen LogP contribution in [-0.4, -0.2) is 19.9 Å². The number of fused-ring (bicyclic) bond motifs is 1. The summed E-state index contributed by atoms with van der Waals surface area (Å²) in [6, 6.07) is 0. The number of nitrogens with one attached hydrogen (secondary N) is 2. The number of nitrogens with zero attached hydrogens (tertiary/aromatic N) is 2. The van der Waals surface area contributed by atoms with Crippen molar-refractivity contribution < 1.29 is 1.41 Å². The first-order chi connectivity index (χ1) is 5.29. The molecule has 0 saturated carbocycles. The van der Waals surface area contributed by atoms with Crippen molar-refractivity contribution >= 4 is 11.2 Å². The monoisotopic (exact) mass is 137 g/mol. The molecule has 0 radical (unpaired) electrons. The smallest absolute Gasteiger partial charge is 0.278 e. The van der Waals surface area contributed by atoms with Crippen molar-refractivity contribution in [1.29, 1.82) is 0 Å². The maximum atomic E-state index is 11.0. The molecule has 0 fully saturated rings. The minimum atomic E-state index is -0.462. The lowest BCUT2D eigenvalue weighted by Gasteiger charge is -1.81. The van der Waals surface area contributed by atoms with Gasteiger partial charge in [-0.05, 0) is 0 Å². The van der Waals surface area contributed by atoms with E-state index >= 15 is 0 Å². The minimum absolute atomic E-state index is 0.197. The summed E-state index contributed by atoms with van der Waals surface area (Å²) in [6.45, 7) is 0. The van der Waals surface area contributed by atoms with Gasteiger partial charge in [-0.1, -0.05) is 0 Å². The van der Waals surface area contributed by atoms with Crippen molar-refractivity contribution in [1.82, 2.24) is 19.9 Å². The zero-order valence-electron chi connectivity index (χ0n) is 5.90. The second kappa shape index (κ2) is 1.66. The van der Waals surface area contributed by atoms with E-state index in [2.05, 4.69) is 15.0 Å². The Morgan fingerprint density at radius 3 is 3.30 bits per heavy atom. The van der Waals surface area contributed by atoms with Crippen molar-refractivity contribution in [3.8, 4) is 0 Å². The number of rotatable bonds is 0. The largest absolute Gasteiger partial charge is 0.329 e. The third kappa shape index (κ3) is 0.540. The highest BCUT2D eigenvalue weighted by atomic mass is 16.1. The Morgan fingerprint density at radius 1 is 1.50 bits per heavy atom. The lowest BCUT2D eigenvalue weighted by atomic mass is 10.6. The van der Waals surface area contributed by atoms with Crippen LogP contribution in [-0.2, 0) is 0 Å². The molecule has 10 heavy (non-hydrogen) atoms. The van der Waals surface area contributed by atoms with Crippen LogP contribution in [0.15, 0.2) is 17.4 Å². The number of H-pyrrole nitrogens is 2. The molecule has 0 atom stereocenters. The van der Waals surface area contributed by atoms with Gasteiger partial charge in [0.15, 0.2) is 12.6 Å². The highest BCUT2D eigenvalue weighted by molar-refractivity contribution is 5.67. The Balaban J connectivity index is 3.05. The molecule has 0 aliphatic rings. The molecule has 5 heteroatoms. The van der Waals surface area contributed by atoms with Crippen LogP contribution in [0.25, 0.3) is 11.2 Å². The second-order valence-corrected chi connectivity index (χ2v) is 1.78. The van der Waals surface area contributed by atoms with Gasteiger partial charge in [0.25, 0.3) is 5.56 Å². The first-order valence-corrected chi connectivity index (χ1v) is 2.69. The zero-order chi connectivity index (χ0) is 7.84. The van der Waals surface area contributed by atoms with Crippen LogP contribution in [0.4, 0.5) is 0 Å². The van der Waals surface area contributed by atoms with Crippen molar-refractivity contribution in [3.63, 3.8) is 0 Å². The van der Waals surface area contributed by atoms with Gasteiger partial charge < -0.3 is 9.96 Å². The van der Waals surface area contributed by atoms with Crippen molar-refractivity contribution in [2.75, 3.05) is 0 Å². The standard InChI is InChI=1S/C5H4N4O/c10-5-3-4(7-1-6-3)8-2-9-5/h1-2H,(H2,6,7,8,9,10)/i/hD. The molecule has 0 saturated heterocycles. The van der Waals surface area contributed by atoms with Crippen molar-refractivity contribution in [2.24, 2.45) is 0 Å². The van der Waals surface area contributed by atoms with Gasteiger partial charge >= 0.3 is 0 Å². The van der Waals surface area contributed by atoms with E-state index in [-0.39, 0.29) is 5.52 Å². The quantitative estimate of drug-likeness (QED) is 0.521. The van der Waals surface area contributed by atoms with Gasteiger partial charge in [-0.25, -0.2) is 9.97 Å². The third-order valence-corrected chi connectivity index (χ3v) is 1.18. The van der Waals surface area contributed by atoms with Crippen LogP contribution in [0.1, 0.15) is 0 Å². The normalized spacial score (nSPS) is 11.8. The molecule has 0 aliphatic heterocycles. The predicted molar refractivity (Wildman–Crippen MR) is 34.5 cm³/mol. The number of aromatic nitrogens is 4. The van der Waals surface area contributed by atoms with Crippen LogP contribution in [0.3, 0.4) is 0 Å². The summed E-state index contributed by atoms with van der Waals surface area (Å²) in [5.74, 6) is 0. The lowest BCUT2D eigenvalue weighted by Crippen LogP contribution is -2.05. The van der Waals surface area contributed by atoms with Crippen LogP contribution < -0.4 is 5.56 Å². The Bertz CT molecular complexity index is 445. The van der Waals surface area contributed by atoms with Crippen LogP contribution >= 0.6 is 0 Å². The number of hydrogen-bond donors (Lipinski definition) is 2. The summed E-state index contributed by atoms with van der Waals surface area (Å²) in [6.07, 6.45) is 2.50. The fourth-order valence-electron chi connectivity index (χ4n) is 0.743.